The molecule has 0 spiro atoms. The molecule has 1 aliphatic heterocycles. The predicted octanol–water partition coefficient (Wildman–Crippen LogP) is 5.35. The van der Waals surface area contributed by atoms with Crippen LogP contribution in [0.3, 0.4) is 0 Å². The highest BCUT2D eigenvalue weighted by molar-refractivity contribution is 7.86. The van der Waals surface area contributed by atoms with Crippen molar-refractivity contribution >= 4 is 10.1 Å². The first kappa shape index (κ1) is 26.8. The van der Waals surface area contributed by atoms with Crippen molar-refractivity contribution in [3.05, 3.63) is 65.7 Å². The third-order valence-electron chi connectivity index (χ3n) is 6.35. The van der Waals surface area contributed by atoms with E-state index in [0.717, 1.165) is 11.1 Å². The van der Waals surface area contributed by atoms with Crippen LogP contribution >= 0.6 is 0 Å². The van der Waals surface area contributed by atoms with Gasteiger partial charge in [-0.05, 0) is 38.5 Å². The molecule has 2 aromatic carbocycles. The second kappa shape index (κ2) is 11.3. The maximum Gasteiger partial charge on any atom is 0.296 e. The standard InChI is InChI=1S/C27H38O6S/c1-19-12-14-24(15-13-19)34(28,29)32-17-21(3)25(30-18-23-10-8-7-9-11-23)22(4)26-20(2)16-31-27(5,6)33-26/h7-15,20-22,25-26H,16-18H2,1-6H3/t20-,21-,22-,25-,26-/m0/s1. The van der Waals surface area contributed by atoms with E-state index < -0.39 is 15.9 Å². The molecular formula is C27H38O6S. The first-order chi connectivity index (χ1) is 16.0. The Balaban J connectivity index is 1.75. The molecule has 1 fully saturated rings. The topological polar surface area (TPSA) is 71.1 Å². The molecule has 1 aliphatic rings. The summed E-state index contributed by atoms with van der Waals surface area (Å²) in [7, 11) is -3.86. The lowest BCUT2D eigenvalue weighted by Gasteiger charge is -2.45. The van der Waals surface area contributed by atoms with Crippen molar-refractivity contribution < 1.29 is 26.8 Å². The van der Waals surface area contributed by atoms with Crippen LogP contribution in [0.15, 0.2) is 59.5 Å². The van der Waals surface area contributed by atoms with Gasteiger partial charge >= 0.3 is 0 Å². The minimum atomic E-state index is -3.86. The Morgan fingerprint density at radius 1 is 1.06 bits per heavy atom. The Bertz CT molecular complexity index is 1000. The maximum atomic E-state index is 12.8. The number of ether oxygens (including phenoxy) is 3. The van der Waals surface area contributed by atoms with Crippen LogP contribution in [0.4, 0.5) is 0 Å². The van der Waals surface area contributed by atoms with E-state index in [9.17, 15) is 8.42 Å². The highest BCUT2D eigenvalue weighted by Gasteiger charge is 2.41. The smallest absolute Gasteiger partial charge is 0.296 e. The molecule has 1 saturated heterocycles. The van der Waals surface area contributed by atoms with Crippen LogP contribution in [0, 0.1) is 24.7 Å². The van der Waals surface area contributed by atoms with E-state index in [1.54, 1.807) is 24.3 Å². The Morgan fingerprint density at radius 2 is 1.71 bits per heavy atom. The molecule has 0 amide bonds. The molecule has 0 radical (unpaired) electrons. The molecule has 0 saturated carbocycles. The fourth-order valence-electron chi connectivity index (χ4n) is 4.38. The number of benzene rings is 2. The van der Waals surface area contributed by atoms with Gasteiger partial charge in [0.25, 0.3) is 10.1 Å². The lowest BCUT2D eigenvalue weighted by Crippen LogP contribution is -2.51. The van der Waals surface area contributed by atoms with E-state index >= 15 is 0 Å². The summed E-state index contributed by atoms with van der Waals surface area (Å²) in [5.74, 6) is -0.706. The third kappa shape index (κ3) is 7.12. The van der Waals surface area contributed by atoms with Crippen LogP contribution in [0.5, 0.6) is 0 Å². The lowest BCUT2D eigenvalue weighted by molar-refractivity contribution is -0.306. The fraction of sp³-hybridized carbons (Fsp3) is 0.556. The zero-order valence-electron chi connectivity index (χ0n) is 21.1. The molecule has 34 heavy (non-hydrogen) atoms. The van der Waals surface area contributed by atoms with Gasteiger partial charge in [0.15, 0.2) is 5.79 Å². The number of aryl methyl sites for hydroxylation is 1. The van der Waals surface area contributed by atoms with Crippen molar-refractivity contribution in [2.24, 2.45) is 17.8 Å². The van der Waals surface area contributed by atoms with Gasteiger partial charge in [0.05, 0.1) is 36.9 Å². The molecule has 0 aliphatic carbocycles. The molecule has 7 heteroatoms. The Labute approximate surface area is 204 Å². The van der Waals surface area contributed by atoms with E-state index in [1.165, 1.54) is 0 Å². The van der Waals surface area contributed by atoms with Gasteiger partial charge < -0.3 is 14.2 Å². The van der Waals surface area contributed by atoms with Crippen LogP contribution in [-0.4, -0.2) is 39.6 Å². The second-order valence-electron chi connectivity index (χ2n) is 9.92. The van der Waals surface area contributed by atoms with Crippen molar-refractivity contribution in [1.82, 2.24) is 0 Å². The van der Waals surface area contributed by atoms with Gasteiger partial charge in [0.1, 0.15) is 0 Å². The molecule has 6 nitrogen and oxygen atoms in total. The van der Waals surface area contributed by atoms with Gasteiger partial charge in [0, 0.05) is 17.8 Å². The van der Waals surface area contributed by atoms with Crippen LogP contribution in [0.2, 0.25) is 0 Å². The fourth-order valence-corrected chi connectivity index (χ4v) is 5.38. The van der Waals surface area contributed by atoms with Crippen molar-refractivity contribution in [3.63, 3.8) is 0 Å². The monoisotopic (exact) mass is 490 g/mol. The summed E-state index contributed by atoms with van der Waals surface area (Å²) in [6, 6.07) is 16.6. The quantitative estimate of drug-likeness (QED) is 0.419. The van der Waals surface area contributed by atoms with E-state index in [0.29, 0.717) is 13.2 Å². The molecule has 2 aromatic rings. The molecule has 0 aromatic heterocycles. The summed E-state index contributed by atoms with van der Waals surface area (Å²) in [6.07, 6.45) is -0.379. The zero-order chi connectivity index (χ0) is 24.9. The molecule has 1 heterocycles. The molecule has 5 atom stereocenters. The number of hydrogen-bond donors (Lipinski definition) is 0. The summed E-state index contributed by atoms with van der Waals surface area (Å²) in [5, 5.41) is 0. The normalized spacial score (nSPS) is 23.2. The summed E-state index contributed by atoms with van der Waals surface area (Å²) in [5.41, 5.74) is 2.05. The Kier molecular flexibility index (Phi) is 8.93. The first-order valence-electron chi connectivity index (χ1n) is 11.9. The van der Waals surface area contributed by atoms with Gasteiger partial charge in [0.2, 0.25) is 0 Å². The van der Waals surface area contributed by atoms with Gasteiger partial charge in [-0.1, -0.05) is 68.8 Å². The van der Waals surface area contributed by atoms with Gasteiger partial charge in [-0.3, -0.25) is 4.18 Å². The van der Waals surface area contributed by atoms with Gasteiger partial charge in [-0.2, -0.15) is 8.42 Å². The molecule has 0 N–H and O–H groups in total. The minimum absolute atomic E-state index is 0.0115. The molecule has 3 rings (SSSR count). The summed E-state index contributed by atoms with van der Waals surface area (Å²) >= 11 is 0. The van der Waals surface area contributed by atoms with Gasteiger partial charge in [-0.15, -0.1) is 0 Å². The zero-order valence-corrected chi connectivity index (χ0v) is 21.9. The summed E-state index contributed by atoms with van der Waals surface area (Å²) in [4.78, 5) is 0.156. The third-order valence-corrected chi connectivity index (χ3v) is 7.65. The van der Waals surface area contributed by atoms with Crippen molar-refractivity contribution in [2.45, 2.75) is 71.0 Å². The Hall–Kier alpha value is -1.77. The predicted molar refractivity (Wildman–Crippen MR) is 132 cm³/mol. The maximum absolute atomic E-state index is 12.8. The highest BCUT2D eigenvalue weighted by atomic mass is 32.2. The van der Waals surface area contributed by atoms with E-state index in [-0.39, 0.29) is 41.5 Å². The van der Waals surface area contributed by atoms with Crippen molar-refractivity contribution in [1.29, 1.82) is 0 Å². The second-order valence-corrected chi connectivity index (χ2v) is 11.5. The lowest BCUT2D eigenvalue weighted by atomic mass is 9.83. The van der Waals surface area contributed by atoms with Crippen molar-refractivity contribution in [3.8, 4) is 0 Å². The Morgan fingerprint density at radius 3 is 2.35 bits per heavy atom. The highest BCUT2D eigenvalue weighted by Crippen LogP contribution is 2.34. The average Bonchev–Trinajstić information content (AvgIpc) is 2.80. The average molecular weight is 491 g/mol. The molecule has 0 bridgehead atoms. The molecule has 0 unspecified atom stereocenters. The SMILES string of the molecule is Cc1ccc(S(=O)(=O)OC[C@H](C)[C@H](OCc2ccccc2)[C@H](C)[C@H]2OC(C)(C)OC[C@@H]2C)cc1. The number of hydrogen-bond acceptors (Lipinski definition) is 6. The molecule has 188 valence electrons. The van der Waals surface area contributed by atoms with E-state index in [2.05, 4.69) is 13.8 Å². The van der Waals surface area contributed by atoms with Crippen LogP contribution in [-0.2, 0) is 35.1 Å². The largest absolute Gasteiger partial charge is 0.373 e. The van der Waals surface area contributed by atoms with Crippen LogP contribution in [0.25, 0.3) is 0 Å². The van der Waals surface area contributed by atoms with Crippen LogP contribution in [0.1, 0.15) is 45.7 Å². The summed E-state index contributed by atoms with van der Waals surface area (Å²) in [6.45, 7) is 12.9. The van der Waals surface area contributed by atoms with Crippen LogP contribution < -0.4 is 0 Å². The molecular weight excluding hydrogens is 452 g/mol. The van der Waals surface area contributed by atoms with E-state index in [1.807, 2.05) is 58.0 Å². The van der Waals surface area contributed by atoms with E-state index in [4.69, 9.17) is 18.4 Å². The van der Waals surface area contributed by atoms with Gasteiger partial charge in [-0.25, -0.2) is 0 Å². The number of rotatable bonds is 10. The first-order valence-corrected chi connectivity index (χ1v) is 13.3. The minimum Gasteiger partial charge on any atom is -0.373 e. The van der Waals surface area contributed by atoms with Crippen molar-refractivity contribution in [2.75, 3.05) is 13.2 Å². The summed E-state index contributed by atoms with van der Waals surface area (Å²) < 4.78 is 49.5.